The summed E-state index contributed by atoms with van der Waals surface area (Å²) in [5.74, 6) is 0. The first kappa shape index (κ1) is 10.3. The summed E-state index contributed by atoms with van der Waals surface area (Å²) in [6.45, 7) is 0. The van der Waals surface area contributed by atoms with Crippen LogP contribution in [0.3, 0.4) is 0 Å². The maximum absolute atomic E-state index is 10.7. The zero-order valence-electron chi connectivity index (χ0n) is 5.57. The molecule has 0 aliphatic heterocycles. The normalized spacial score (nSPS) is 10.0. The molecule has 64 valence electrons. The van der Waals surface area contributed by atoms with Crippen LogP contribution in [0.5, 0.6) is 0 Å². The van der Waals surface area contributed by atoms with E-state index in [4.69, 9.17) is 34.8 Å². The quantitative estimate of drug-likeness (QED) is 0.561. The van der Waals surface area contributed by atoms with Gasteiger partial charge in [0, 0.05) is 4.47 Å². The van der Waals surface area contributed by atoms with E-state index in [1.165, 1.54) is 12.1 Å². The van der Waals surface area contributed by atoms with Crippen molar-refractivity contribution in [3.8, 4) is 0 Å². The molecule has 0 aromatic heterocycles. The molecule has 0 saturated heterocycles. The van der Waals surface area contributed by atoms with Crippen molar-refractivity contribution < 1.29 is 4.79 Å². The lowest BCUT2D eigenvalue weighted by molar-refractivity contribution is 0.108. The monoisotopic (exact) mass is 286 g/mol. The fourth-order valence-electron chi connectivity index (χ4n) is 0.673. The first-order valence-electron chi connectivity index (χ1n) is 2.86. The van der Waals surface area contributed by atoms with Crippen molar-refractivity contribution in [3.63, 3.8) is 0 Å². The highest BCUT2D eigenvalue weighted by atomic mass is 79.9. The van der Waals surface area contributed by atoms with Gasteiger partial charge < -0.3 is 0 Å². The maximum Gasteiger partial charge on any atom is 0.253 e. The van der Waals surface area contributed by atoms with Crippen LogP contribution in [0.2, 0.25) is 10.0 Å². The Morgan fingerprint density at radius 1 is 1.25 bits per heavy atom. The molecule has 0 N–H and O–H groups in total. The number of hydrogen-bond acceptors (Lipinski definition) is 1. The zero-order chi connectivity index (χ0) is 9.30. The van der Waals surface area contributed by atoms with Crippen LogP contribution in [0.1, 0.15) is 10.4 Å². The second-order valence-corrected chi connectivity index (χ2v) is 4.03. The second kappa shape index (κ2) is 3.97. The fraction of sp³-hybridized carbons (Fsp3) is 0. The third kappa shape index (κ3) is 2.13. The summed E-state index contributed by atoms with van der Waals surface area (Å²) in [5, 5.41) is 0.0732. The molecule has 0 atom stereocenters. The Balaban J connectivity index is 3.33. The van der Waals surface area contributed by atoms with E-state index in [-0.39, 0.29) is 10.6 Å². The summed E-state index contributed by atoms with van der Waals surface area (Å²) >= 11 is 19.8. The lowest BCUT2D eigenvalue weighted by atomic mass is 10.2. The Labute approximate surface area is 92.7 Å². The third-order valence-corrected chi connectivity index (χ3v) is 2.94. The molecule has 1 nitrogen and oxygen atoms in total. The molecule has 0 saturated carbocycles. The van der Waals surface area contributed by atoms with Gasteiger partial charge >= 0.3 is 0 Å². The van der Waals surface area contributed by atoms with Crippen LogP contribution in [-0.2, 0) is 0 Å². The largest absolute Gasteiger partial charge is 0.276 e. The summed E-state index contributed by atoms with van der Waals surface area (Å²) in [7, 11) is 0. The molecule has 0 heterocycles. The van der Waals surface area contributed by atoms with Crippen molar-refractivity contribution in [2.45, 2.75) is 0 Å². The molecule has 0 fully saturated rings. The van der Waals surface area contributed by atoms with E-state index < -0.39 is 5.24 Å². The SMILES string of the molecule is O=C(Cl)c1cc(Cl)c(Br)cc1Cl. The van der Waals surface area contributed by atoms with Crippen LogP contribution < -0.4 is 0 Å². The molecular formula is C7H2BrCl3O. The van der Waals surface area contributed by atoms with Crippen molar-refractivity contribution in [1.29, 1.82) is 0 Å². The van der Waals surface area contributed by atoms with Gasteiger partial charge in [-0.05, 0) is 39.7 Å². The van der Waals surface area contributed by atoms with Crippen molar-refractivity contribution in [3.05, 3.63) is 32.2 Å². The van der Waals surface area contributed by atoms with E-state index in [9.17, 15) is 4.79 Å². The fourth-order valence-corrected chi connectivity index (χ4v) is 1.77. The number of carbonyl (C=O) groups excluding carboxylic acids is 1. The highest BCUT2D eigenvalue weighted by Gasteiger charge is 2.10. The van der Waals surface area contributed by atoms with Crippen LogP contribution in [0.4, 0.5) is 0 Å². The zero-order valence-corrected chi connectivity index (χ0v) is 9.43. The molecule has 0 bridgehead atoms. The Hall–Kier alpha value is 0.240. The van der Waals surface area contributed by atoms with Crippen LogP contribution in [-0.4, -0.2) is 5.24 Å². The molecule has 0 radical (unpaired) electrons. The van der Waals surface area contributed by atoms with Gasteiger partial charge in [-0.2, -0.15) is 0 Å². The van der Waals surface area contributed by atoms with Gasteiger partial charge in [0.05, 0.1) is 15.6 Å². The van der Waals surface area contributed by atoms with Crippen molar-refractivity contribution in [2.24, 2.45) is 0 Å². The molecule has 1 rings (SSSR count). The van der Waals surface area contributed by atoms with Gasteiger partial charge in [-0.25, -0.2) is 0 Å². The smallest absolute Gasteiger partial charge is 0.253 e. The van der Waals surface area contributed by atoms with Crippen molar-refractivity contribution in [1.82, 2.24) is 0 Å². The minimum atomic E-state index is -0.616. The Morgan fingerprint density at radius 3 is 2.33 bits per heavy atom. The van der Waals surface area contributed by atoms with Gasteiger partial charge in [0.25, 0.3) is 5.24 Å². The third-order valence-electron chi connectivity index (χ3n) is 1.22. The average molecular weight is 288 g/mol. The van der Waals surface area contributed by atoms with E-state index in [2.05, 4.69) is 15.9 Å². The molecule has 0 unspecified atom stereocenters. The summed E-state index contributed by atoms with van der Waals surface area (Å²) in [6, 6.07) is 2.95. The van der Waals surface area contributed by atoms with E-state index in [0.717, 1.165) is 0 Å². The van der Waals surface area contributed by atoms with Crippen LogP contribution in [0.15, 0.2) is 16.6 Å². The topological polar surface area (TPSA) is 17.1 Å². The summed E-state index contributed by atoms with van der Waals surface area (Å²) in [6.07, 6.45) is 0. The Bertz CT molecular complexity index is 338. The average Bonchev–Trinajstić information content (AvgIpc) is 1.96. The number of carbonyl (C=O) groups is 1. The molecule has 1 aromatic rings. The Morgan fingerprint density at radius 2 is 1.83 bits per heavy atom. The van der Waals surface area contributed by atoms with E-state index >= 15 is 0 Å². The lowest BCUT2D eigenvalue weighted by Crippen LogP contribution is -1.90. The predicted octanol–water partition coefficient (Wildman–Crippen LogP) is 4.13. The molecular weight excluding hydrogens is 286 g/mol. The Kier molecular flexibility index (Phi) is 3.41. The molecule has 5 heteroatoms. The molecule has 0 aliphatic rings. The van der Waals surface area contributed by atoms with E-state index in [0.29, 0.717) is 9.50 Å². The van der Waals surface area contributed by atoms with Crippen LogP contribution in [0, 0.1) is 0 Å². The first-order chi connectivity index (χ1) is 5.52. The van der Waals surface area contributed by atoms with Gasteiger partial charge in [0.1, 0.15) is 0 Å². The highest BCUT2D eigenvalue weighted by molar-refractivity contribution is 9.10. The molecule has 0 amide bonds. The number of halogens is 4. The molecule has 0 spiro atoms. The van der Waals surface area contributed by atoms with E-state index in [1.807, 2.05) is 0 Å². The van der Waals surface area contributed by atoms with Gasteiger partial charge in [-0.3, -0.25) is 4.79 Å². The van der Waals surface area contributed by atoms with Crippen molar-refractivity contribution in [2.75, 3.05) is 0 Å². The standard InChI is InChI=1S/C7H2BrCl3O/c8-4-2-5(9)3(7(11)12)1-6(4)10/h1-2H. The minimum Gasteiger partial charge on any atom is -0.276 e. The summed E-state index contributed by atoms with van der Waals surface area (Å²) in [5.41, 5.74) is 0.214. The van der Waals surface area contributed by atoms with Gasteiger partial charge in [-0.15, -0.1) is 0 Å². The maximum atomic E-state index is 10.7. The van der Waals surface area contributed by atoms with Crippen LogP contribution >= 0.6 is 50.7 Å². The summed E-state index contributed by atoms with van der Waals surface area (Å²) in [4.78, 5) is 10.7. The minimum absolute atomic E-state index is 0.214. The number of hydrogen-bond donors (Lipinski definition) is 0. The molecule has 1 aromatic carbocycles. The van der Waals surface area contributed by atoms with Gasteiger partial charge in [0.2, 0.25) is 0 Å². The predicted molar refractivity (Wildman–Crippen MR) is 54.3 cm³/mol. The van der Waals surface area contributed by atoms with Gasteiger partial charge in [-0.1, -0.05) is 23.2 Å². The first-order valence-corrected chi connectivity index (χ1v) is 4.79. The van der Waals surface area contributed by atoms with Gasteiger partial charge in [0.15, 0.2) is 0 Å². The van der Waals surface area contributed by atoms with Crippen LogP contribution in [0.25, 0.3) is 0 Å². The van der Waals surface area contributed by atoms with E-state index in [1.54, 1.807) is 0 Å². The van der Waals surface area contributed by atoms with Crippen molar-refractivity contribution >= 4 is 56.0 Å². The summed E-state index contributed by atoms with van der Waals surface area (Å²) < 4.78 is 0.635. The lowest BCUT2D eigenvalue weighted by Gasteiger charge is -2.00. The highest BCUT2D eigenvalue weighted by Crippen LogP contribution is 2.29. The second-order valence-electron chi connectivity index (χ2n) is 2.02. The molecule has 12 heavy (non-hydrogen) atoms. The molecule has 0 aliphatic carbocycles. The number of rotatable bonds is 1. The number of benzene rings is 1.